The molecule has 4 aromatic rings. The number of hydrogen-bond acceptors (Lipinski definition) is 4. The van der Waals surface area contributed by atoms with Gasteiger partial charge in [0.1, 0.15) is 5.75 Å². The van der Waals surface area contributed by atoms with Gasteiger partial charge in [-0.15, -0.1) is 0 Å². The number of benzene rings is 3. The van der Waals surface area contributed by atoms with Crippen molar-refractivity contribution in [3.63, 3.8) is 0 Å². The van der Waals surface area contributed by atoms with Gasteiger partial charge in [-0.2, -0.15) is 0 Å². The van der Waals surface area contributed by atoms with E-state index in [2.05, 4.69) is 10.3 Å². The molecule has 0 aliphatic rings. The Hall–Kier alpha value is -3.54. The molecule has 0 saturated heterocycles. The Labute approximate surface area is 135 Å². The van der Waals surface area contributed by atoms with Crippen LogP contribution in [0.5, 0.6) is 5.75 Å². The summed E-state index contributed by atoms with van der Waals surface area (Å²) in [5.41, 5.74) is 1.55. The van der Waals surface area contributed by atoms with Crippen molar-refractivity contribution in [3.05, 3.63) is 70.7 Å². The molecule has 0 saturated carbocycles. The van der Waals surface area contributed by atoms with Crippen molar-refractivity contribution in [1.82, 2.24) is 4.98 Å². The molecule has 0 bridgehead atoms. The van der Waals surface area contributed by atoms with Gasteiger partial charge in [0.05, 0.1) is 11.1 Å². The van der Waals surface area contributed by atoms with E-state index in [0.29, 0.717) is 16.8 Å². The maximum atomic E-state index is 12.5. The summed E-state index contributed by atoms with van der Waals surface area (Å²) in [5, 5.41) is 14.5. The Morgan fingerprint density at radius 3 is 2.58 bits per heavy atom. The summed E-state index contributed by atoms with van der Waals surface area (Å²) in [5.74, 6) is -1.09. The minimum Gasteiger partial charge on any atom is -0.507 e. The summed E-state index contributed by atoms with van der Waals surface area (Å²) in [4.78, 5) is 26.1. The van der Waals surface area contributed by atoms with E-state index in [0.717, 1.165) is 10.8 Å². The number of carbonyl (C=O) groups is 1. The van der Waals surface area contributed by atoms with Crippen molar-refractivity contribution < 1.29 is 14.3 Å². The highest BCUT2D eigenvalue weighted by molar-refractivity contribution is 6.09. The first-order chi connectivity index (χ1) is 11.6. The van der Waals surface area contributed by atoms with Crippen LogP contribution in [0.15, 0.2) is 63.8 Å². The van der Waals surface area contributed by atoms with Crippen LogP contribution in [0.4, 0.5) is 5.69 Å². The molecule has 6 heteroatoms. The third-order valence-electron chi connectivity index (χ3n) is 3.79. The molecule has 1 amide bonds. The predicted molar refractivity (Wildman–Crippen MR) is 90.4 cm³/mol. The van der Waals surface area contributed by atoms with Gasteiger partial charge in [-0.3, -0.25) is 9.78 Å². The van der Waals surface area contributed by atoms with E-state index >= 15 is 0 Å². The first-order valence-electron chi connectivity index (χ1n) is 7.26. The number of amides is 1. The fraction of sp³-hybridized carbons (Fsp3) is 0. The lowest BCUT2D eigenvalue weighted by Crippen LogP contribution is -2.12. The lowest BCUT2D eigenvalue weighted by Gasteiger charge is -2.08. The monoisotopic (exact) mass is 320 g/mol. The highest BCUT2D eigenvalue weighted by Gasteiger charge is 2.13. The third-order valence-corrected chi connectivity index (χ3v) is 3.79. The number of carbonyl (C=O) groups excluding carboxylic acids is 1. The lowest BCUT2D eigenvalue weighted by molar-refractivity contribution is 0.102. The minimum absolute atomic E-state index is 0.0935. The summed E-state index contributed by atoms with van der Waals surface area (Å²) in [6.07, 6.45) is 0. The second-order valence-corrected chi connectivity index (χ2v) is 5.40. The van der Waals surface area contributed by atoms with Crippen LogP contribution in [-0.4, -0.2) is 16.0 Å². The zero-order valence-electron chi connectivity index (χ0n) is 12.4. The molecule has 0 atom stereocenters. The largest absolute Gasteiger partial charge is 0.507 e. The van der Waals surface area contributed by atoms with Crippen molar-refractivity contribution >= 4 is 33.5 Å². The summed E-state index contributed by atoms with van der Waals surface area (Å²) in [6.45, 7) is 0. The van der Waals surface area contributed by atoms with E-state index in [1.54, 1.807) is 30.3 Å². The van der Waals surface area contributed by atoms with E-state index in [1.165, 1.54) is 0 Å². The highest BCUT2D eigenvalue weighted by Crippen LogP contribution is 2.26. The molecule has 4 rings (SSSR count). The zero-order valence-corrected chi connectivity index (χ0v) is 12.4. The smallest absolute Gasteiger partial charge is 0.417 e. The van der Waals surface area contributed by atoms with Crippen molar-refractivity contribution in [3.8, 4) is 5.75 Å². The fourth-order valence-corrected chi connectivity index (χ4v) is 2.64. The molecule has 24 heavy (non-hydrogen) atoms. The van der Waals surface area contributed by atoms with Crippen LogP contribution >= 0.6 is 0 Å². The molecule has 0 aliphatic heterocycles. The van der Waals surface area contributed by atoms with Gasteiger partial charge < -0.3 is 14.8 Å². The average Bonchev–Trinajstić information content (AvgIpc) is 2.93. The van der Waals surface area contributed by atoms with Gasteiger partial charge in [0.15, 0.2) is 5.58 Å². The summed E-state index contributed by atoms with van der Waals surface area (Å²) < 4.78 is 4.92. The van der Waals surface area contributed by atoms with Crippen LogP contribution in [-0.2, 0) is 0 Å². The van der Waals surface area contributed by atoms with Gasteiger partial charge in [0, 0.05) is 5.69 Å². The normalized spacial score (nSPS) is 11.0. The summed E-state index contributed by atoms with van der Waals surface area (Å²) >= 11 is 0. The molecule has 0 aliphatic carbocycles. The first-order valence-corrected chi connectivity index (χ1v) is 7.26. The van der Waals surface area contributed by atoms with E-state index in [1.807, 2.05) is 24.3 Å². The number of phenols is 1. The van der Waals surface area contributed by atoms with Gasteiger partial charge in [0.2, 0.25) is 0 Å². The Bertz CT molecular complexity index is 1140. The second kappa shape index (κ2) is 5.27. The van der Waals surface area contributed by atoms with Crippen LogP contribution in [0.2, 0.25) is 0 Å². The van der Waals surface area contributed by atoms with Crippen molar-refractivity contribution in [2.45, 2.75) is 0 Å². The van der Waals surface area contributed by atoms with Crippen LogP contribution in [0, 0.1) is 0 Å². The molecule has 3 N–H and O–H groups in total. The van der Waals surface area contributed by atoms with Crippen molar-refractivity contribution in [2.24, 2.45) is 0 Å². The predicted octanol–water partition coefficient (Wildman–Crippen LogP) is 3.23. The summed E-state index contributed by atoms with van der Waals surface area (Å²) in [7, 11) is 0. The average molecular weight is 320 g/mol. The van der Waals surface area contributed by atoms with E-state index in [9.17, 15) is 14.7 Å². The minimum atomic E-state index is -0.555. The second-order valence-electron chi connectivity index (χ2n) is 5.40. The molecular formula is C18H12N2O4. The van der Waals surface area contributed by atoms with E-state index < -0.39 is 11.7 Å². The number of aromatic hydroxyl groups is 1. The standard InChI is InChI=1S/C18H12N2O4/c21-15-8-11-4-2-1-3-10(11)7-13(15)17(22)19-12-5-6-16-14(9-12)20-18(23)24-16/h1-9,21H,(H,19,22)(H,20,23). The fourth-order valence-electron chi connectivity index (χ4n) is 2.64. The van der Waals surface area contributed by atoms with E-state index in [-0.39, 0.29) is 11.3 Å². The van der Waals surface area contributed by atoms with Gasteiger partial charge in [-0.25, -0.2) is 4.79 Å². The number of rotatable bonds is 2. The number of hydrogen-bond donors (Lipinski definition) is 3. The molecule has 1 aromatic heterocycles. The van der Waals surface area contributed by atoms with Gasteiger partial charge in [0.25, 0.3) is 5.91 Å². The molecule has 0 spiro atoms. The number of H-pyrrole nitrogens is 1. The van der Waals surface area contributed by atoms with Crippen LogP contribution in [0.1, 0.15) is 10.4 Å². The van der Waals surface area contributed by atoms with Crippen molar-refractivity contribution in [1.29, 1.82) is 0 Å². The molecule has 118 valence electrons. The molecular weight excluding hydrogens is 308 g/mol. The van der Waals surface area contributed by atoms with Crippen LogP contribution in [0.25, 0.3) is 21.9 Å². The maximum Gasteiger partial charge on any atom is 0.417 e. The van der Waals surface area contributed by atoms with Crippen LogP contribution < -0.4 is 11.1 Å². The van der Waals surface area contributed by atoms with Gasteiger partial charge >= 0.3 is 5.76 Å². The van der Waals surface area contributed by atoms with E-state index in [4.69, 9.17) is 4.42 Å². The topological polar surface area (TPSA) is 95.3 Å². The molecule has 3 aromatic carbocycles. The Kier molecular flexibility index (Phi) is 3.09. The van der Waals surface area contributed by atoms with Crippen LogP contribution in [0.3, 0.4) is 0 Å². The summed E-state index contributed by atoms with van der Waals surface area (Å²) in [6, 6.07) is 15.5. The third kappa shape index (κ3) is 2.40. The first kappa shape index (κ1) is 14.1. The zero-order chi connectivity index (χ0) is 16.7. The molecule has 0 radical (unpaired) electrons. The molecule has 0 unspecified atom stereocenters. The SMILES string of the molecule is O=C(Nc1ccc2oc(=O)[nH]c2c1)c1cc2ccccc2cc1O. The number of aromatic amines is 1. The number of fused-ring (bicyclic) bond motifs is 2. The number of aromatic nitrogens is 1. The van der Waals surface area contributed by atoms with Gasteiger partial charge in [-0.1, -0.05) is 24.3 Å². The number of oxazole rings is 1. The van der Waals surface area contributed by atoms with Crippen molar-refractivity contribution in [2.75, 3.05) is 5.32 Å². The Morgan fingerprint density at radius 1 is 1.04 bits per heavy atom. The van der Waals surface area contributed by atoms with Gasteiger partial charge in [-0.05, 0) is 41.1 Å². The lowest BCUT2D eigenvalue weighted by atomic mass is 10.1. The number of phenolic OH excluding ortho intramolecular Hbond substituents is 1. The molecule has 0 fully saturated rings. The Balaban J connectivity index is 1.69. The highest BCUT2D eigenvalue weighted by atomic mass is 16.4. The molecule has 6 nitrogen and oxygen atoms in total. The quantitative estimate of drug-likeness (QED) is 0.528. The molecule has 1 heterocycles. The maximum absolute atomic E-state index is 12.5. The Morgan fingerprint density at radius 2 is 1.79 bits per heavy atom. The number of anilines is 1. The number of nitrogens with one attached hydrogen (secondary N) is 2.